The van der Waals surface area contributed by atoms with Crippen LogP contribution < -0.4 is 5.32 Å². The molecule has 4 aromatic rings. The SMILES string of the molecule is Cc1ccc2cccc(NC(=O)c3ccc4nc[nH]c4c3)c2n1. The molecular formula is C18H14N4O. The van der Waals surface area contributed by atoms with Gasteiger partial charge in [-0.15, -0.1) is 0 Å². The highest BCUT2D eigenvalue weighted by Crippen LogP contribution is 2.22. The van der Waals surface area contributed by atoms with E-state index in [1.165, 1.54) is 0 Å². The average molecular weight is 302 g/mol. The third-order valence-corrected chi connectivity index (χ3v) is 3.79. The van der Waals surface area contributed by atoms with E-state index in [0.717, 1.165) is 27.6 Å². The van der Waals surface area contributed by atoms with Gasteiger partial charge in [0.25, 0.3) is 5.91 Å². The van der Waals surface area contributed by atoms with Crippen LogP contribution in [-0.4, -0.2) is 20.9 Å². The molecular weight excluding hydrogens is 288 g/mol. The molecule has 0 saturated heterocycles. The molecule has 2 aromatic carbocycles. The number of carbonyl (C=O) groups is 1. The summed E-state index contributed by atoms with van der Waals surface area (Å²) in [5, 5.41) is 3.95. The van der Waals surface area contributed by atoms with E-state index in [2.05, 4.69) is 20.3 Å². The summed E-state index contributed by atoms with van der Waals surface area (Å²) in [6.07, 6.45) is 1.61. The number of nitrogens with zero attached hydrogens (tertiary/aromatic N) is 2. The Kier molecular flexibility index (Phi) is 3.05. The van der Waals surface area contributed by atoms with Gasteiger partial charge in [-0.05, 0) is 37.3 Å². The summed E-state index contributed by atoms with van der Waals surface area (Å²) in [7, 11) is 0. The molecule has 0 bridgehead atoms. The summed E-state index contributed by atoms with van der Waals surface area (Å²) < 4.78 is 0. The van der Waals surface area contributed by atoms with Crippen LogP contribution in [0, 0.1) is 6.92 Å². The normalized spacial score (nSPS) is 11.0. The number of pyridine rings is 1. The quantitative estimate of drug-likeness (QED) is 0.593. The lowest BCUT2D eigenvalue weighted by Crippen LogP contribution is -2.12. The first kappa shape index (κ1) is 13.5. The average Bonchev–Trinajstić information content (AvgIpc) is 3.03. The second-order valence-electron chi connectivity index (χ2n) is 5.42. The maximum absolute atomic E-state index is 12.5. The van der Waals surface area contributed by atoms with E-state index >= 15 is 0 Å². The molecule has 112 valence electrons. The lowest BCUT2D eigenvalue weighted by atomic mass is 10.1. The van der Waals surface area contributed by atoms with Crippen LogP contribution in [0.2, 0.25) is 0 Å². The van der Waals surface area contributed by atoms with Crippen LogP contribution in [0.4, 0.5) is 5.69 Å². The summed E-state index contributed by atoms with van der Waals surface area (Å²) in [5.41, 5.74) is 4.67. The van der Waals surface area contributed by atoms with E-state index in [1.807, 2.05) is 43.3 Å². The number of H-pyrrole nitrogens is 1. The van der Waals surface area contributed by atoms with Gasteiger partial charge in [0.05, 0.1) is 28.6 Å². The van der Waals surface area contributed by atoms with Crippen molar-refractivity contribution < 1.29 is 4.79 Å². The van der Waals surface area contributed by atoms with E-state index in [0.29, 0.717) is 11.3 Å². The second-order valence-corrected chi connectivity index (χ2v) is 5.42. The van der Waals surface area contributed by atoms with Gasteiger partial charge in [-0.1, -0.05) is 18.2 Å². The Morgan fingerprint density at radius 2 is 2.04 bits per heavy atom. The second kappa shape index (κ2) is 5.21. The Bertz CT molecular complexity index is 1040. The standard InChI is InChI=1S/C18H14N4O/c1-11-5-6-12-3-2-4-15(17(12)21-11)22-18(23)13-7-8-14-16(9-13)20-10-19-14/h2-10H,1H3,(H,19,20)(H,22,23). The molecule has 23 heavy (non-hydrogen) atoms. The molecule has 4 rings (SSSR count). The maximum Gasteiger partial charge on any atom is 0.255 e. The monoisotopic (exact) mass is 302 g/mol. The number of aromatic amines is 1. The minimum absolute atomic E-state index is 0.169. The first-order valence-corrected chi connectivity index (χ1v) is 7.31. The number of para-hydroxylation sites is 1. The van der Waals surface area contributed by atoms with Crippen LogP contribution in [0.3, 0.4) is 0 Å². The number of hydrogen-bond donors (Lipinski definition) is 2. The molecule has 0 saturated carbocycles. The van der Waals surface area contributed by atoms with E-state index < -0.39 is 0 Å². The topological polar surface area (TPSA) is 70.7 Å². The van der Waals surface area contributed by atoms with E-state index in [9.17, 15) is 4.79 Å². The Morgan fingerprint density at radius 1 is 1.13 bits per heavy atom. The maximum atomic E-state index is 12.5. The summed E-state index contributed by atoms with van der Waals surface area (Å²) in [6, 6.07) is 15.1. The molecule has 0 atom stereocenters. The van der Waals surface area contributed by atoms with Crippen molar-refractivity contribution in [1.29, 1.82) is 0 Å². The zero-order valence-electron chi connectivity index (χ0n) is 12.5. The summed E-state index contributed by atoms with van der Waals surface area (Å²) in [6.45, 7) is 1.93. The number of carbonyl (C=O) groups excluding carboxylic acids is 1. The van der Waals surface area contributed by atoms with E-state index in [1.54, 1.807) is 18.5 Å². The Morgan fingerprint density at radius 3 is 2.96 bits per heavy atom. The van der Waals surface area contributed by atoms with E-state index in [-0.39, 0.29) is 5.91 Å². The fraction of sp³-hybridized carbons (Fsp3) is 0.0556. The lowest BCUT2D eigenvalue weighted by molar-refractivity contribution is 0.102. The van der Waals surface area contributed by atoms with Crippen molar-refractivity contribution in [3.63, 3.8) is 0 Å². The molecule has 0 fully saturated rings. The molecule has 1 amide bonds. The molecule has 5 nitrogen and oxygen atoms in total. The van der Waals surface area contributed by atoms with Gasteiger partial charge in [-0.3, -0.25) is 9.78 Å². The first-order valence-electron chi connectivity index (χ1n) is 7.31. The van der Waals surface area contributed by atoms with Crippen LogP contribution >= 0.6 is 0 Å². The molecule has 0 unspecified atom stereocenters. The van der Waals surface area contributed by atoms with Crippen LogP contribution in [0.25, 0.3) is 21.9 Å². The molecule has 2 N–H and O–H groups in total. The Labute approximate surface area is 132 Å². The number of rotatable bonds is 2. The third-order valence-electron chi connectivity index (χ3n) is 3.79. The van der Waals surface area contributed by atoms with Crippen molar-refractivity contribution in [2.45, 2.75) is 6.92 Å². The van der Waals surface area contributed by atoms with Gasteiger partial charge in [0, 0.05) is 16.6 Å². The molecule has 2 aromatic heterocycles. The number of imidazole rings is 1. The molecule has 0 aliphatic carbocycles. The van der Waals surface area contributed by atoms with Crippen molar-refractivity contribution in [2.75, 3.05) is 5.32 Å². The number of nitrogens with one attached hydrogen (secondary N) is 2. The van der Waals surface area contributed by atoms with E-state index in [4.69, 9.17) is 0 Å². The molecule has 2 heterocycles. The van der Waals surface area contributed by atoms with Crippen LogP contribution in [-0.2, 0) is 0 Å². The summed E-state index contributed by atoms with van der Waals surface area (Å²) in [5.74, 6) is -0.169. The highest BCUT2D eigenvalue weighted by atomic mass is 16.1. The number of hydrogen-bond acceptors (Lipinski definition) is 3. The minimum Gasteiger partial charge on any atom is -0.345 e. The van der Waals surface area contributed by atoms with Crippen LogP contribution in [0.15, 0.2) is 54.9 Å². The number of amides is 1. The predicted octanol–water partition coefficient (Wildman–Crippen LogP) is 3.67. The van der Waals surface area contributed by atoms with Gasteiger partial charge in [0.2, 0.25) is 0 Å². The fourth-order valence-electron chi connectivity index (χ4n) is 2.62. The van der Waals surface area contributed by atoms with Crippen molar-refractivity contribution >= 4 is 33.5 Å². The molecule has 0 spiro atoms. The van der Waals surface area contributed by atoms with Gasteiger partial charge >= 0.3 is 0 Å². The first-order chi connectivity index (χ1) is 11.2. The minimum atomic E-state index is -0.169. The molecule has 5 heteroatoms. The smallest absolute Gasteiger partial charge is 0.255 e. The van der Waals surface area contributed by atoms with Gasteiger partial charge in [-0.2, -0.15) is 0 Å². The molecule has 0 radical (unpaired) electrons. The van der Waals surface area contributed by atoms with Crippen molar-refractivity contribution in [3.8, 4) is 0 Å². The van der Waals surface area contributed by atoms with Gasteiger partial charge in [-0.25, -0.2) is 4.98 Å². The molecule has 0 aliphatic heterocycles. The van der Waals surface area contributed by atoms with Gasteiger partial charge in [0.15, 0.2) is 0 Å². The Balaban J connectivity index is 1.72. The Hall–Kier alpha value is -3.21. The summed E-state index contributed by atoms with van der Waals surface area (Å²) >= 11 is 0. The third kappa shape index (κ3) is 2.42. The number of anilines is 1. The number of fused-ring (bicyclic) bond motifs is 2. The van der Waals surface area contributed by atoms with Crippen LogP contribution in [0.1, 0.15) is 16.1 Å². The van der Waals surface area contributed by atoms with Crippen molar-refractivity contribution in [1.82, 2.24) is 15.0 Å². The number of aromatic nitrogens is 3. The highest BCUT2D eigenvalue weighted by molar-refractivity contribution is 6.09. The predicted molar refractivity (Wildman–Crippen MR) is 90.5 cm³/mol. The number of aryl methyl sites for hydroxylation is 1. The van der Waals surface area contributed by atoms with Crippen molar-refractivity contribution in [3.05, 3.63) is 66.1 Å². The largest absolute Gasteiger partial charge is 0.345 e. The molecule has 0 aliphatic rings. The highest BCUT2D eigenvalue weighted by Gasteiger charge is 2.10. The lowest BCUT2D eigenvalue weighted by Gasteiger charge is -2.09. The zero-order valence-corrected chi connectivity index (χ0v) is 12.5. The number of benzene rings is 2. The fourth-order valence-corrected chi connectivity index (χ4v) is 2.62. The van der Waals surface area contributed by atoms with Crippen molar-refractivity contribution in [2.24, 2.45) is 0 Å². The zero-order chi connectivity index (χ0) is 15.8. The van der Waals surface area contributed by atoms with Crippen LogP contribution in [0.5, 0.6) is 0 Å². The summed E-state index contributed by atoms with van der Waals surface area (Å²) in [4.78, 5) is 24.2. The van der Waals surface area contributed by atoms with Gasteiger partial charge < -0.3 is 10.3 Å². The van der Waals surface area contributed by atoms with Gasteiger partial charge in [0.1, 0.15) is 0 Å².